The van der Waals surface area contributed by atoms with E-state index in [2.05, 4.69) is 10.3 Å². The Bertz CT molecular complexity index is 1300. The summed E-state index contributed by atoms with van der Waals surface area (Å²) in [5, 5.41) is 13.2. The number of carboxylic acids is 1. The number of carbonyl (C=O) groups is 1. The summed E-state index contributed by atoms with van der Waals surface area (Å²) in [6.45, 7) is 2.35. The fourth-order valence-corrected chi connectivity index (χ4v) is 4.49. The molecule has 1 aromatic carbocycles. The summed E-state index contributed by atoms with van der Waals surface area (Å²) < 4.78 is 11.9. The summed E-state index contributed by atoms with van der Waals surface area (Å²) in [5.74, 6) is 1.22. The van der Waals surface area contributed by atoms with Gasteiger partial charge in [-0.05, 0) is 73.2 Å². The molecule has 5 rings (SSSR count). The third kappa shape index (κ3) is 4.01. The second kappa shape index (κ2) is 8.55. The van der Waals surface area contributed by atoms with Crippen LogP contribution in [-0.4, -0.2) is 26.1 Å². The van der Waals surface area contributed by atoms with Crippen molar-refractivity contribution in [2.45, 2.75) is 25.6 Å². The SMILES string of the molecule is Cc1cc(C(=O)O)ccc1-c1ccc(C2C(c3ccccn3)NC(=S)N2Cc2ccco2)o1. The summed E-state index contributed by atoms with van der Waals surface area (Å²) in [6, 6.07) is 17.9. The molecule has 0 spiro atoms. The Hall–Kier alpha value is -3.91. The predicted octanol–water partition coefficient (Wildman–Crippen LogP) is 5.11. The van der Waals surface area contributed by atoms with E-state index in [9.17, 15) is 9.90 Å². The number of hydrogen-bond donors (Lipinski definition) is 2. The van der Waals surface area contributed by atoms with E-state index in [4.69, 9.17) is 21.1 Å². The largest absolute Gasteiger partial charge is 0.478 e. The lowest BCUT2D eigenvalue weighted by Crippen LogP contribution is -2.28. The molecule has 1 fully saturated rings. The van der Waals surface area contributed by atoms with Crippen molar-refractivity contribution in [2.24, 2.45) is 0 Å². The molecule has 0 radical (unpaired) electrons. The van der Waals surface area contributed by atoms with Gasteiger partial charge in [0.2, 0.25) is 0 Å². The van der Waals surface area contributed by atoms with Crippen LogP contribution in [0.15, 0.2) is 82.0 Å². The molecule has 2 N–H and O–H groups in total. The molecule has 0 bridgehead atoms. The average molecular weight is 460 g/mol. The number of benzene rings is 1. The summed E-state index contributed by atoms with van der Waals surface area (Å²) in [4.78, 5) is 17.9. The molecular weight excluding hydrogens is 438 g/mol. The van der Waals surface area contributed by atoms with Crippen LogP contribution < -0.4 is 5.32 Å². The van der Waals surface area contributed by atoms with Crippen molar-refractivity contribution in [2.75, 3.05) is 0 Å². The molecule has 33 heavy (non-hydrogen) atoms. The molecule has 0 amide bonds. The van der Waals surface area contributed by atoms with Gasteiger partial charge in [0.15, 0.2) is 5.11 Å². The zero-order valence-corrected chi connectivity index (χ0v) is 18.6. The fraction of sp³-hybridized carbons (Fsp3) is 0.160. The number of carboxylic acid groups (broad SMARTS) is 1. The van der Waals surface area contributed by atoms with Crippen LogP contribution in [0, 0.1) is 6.92 Å². The Kier molecular flexibility index (Phi) is 5.43. The number of furan rings is 2. The van der Waals surface area contributed by atoms with Crippen molar-refractivity contribution >= 4 is 23.3 Å². The second-order valence-electron chi connectivity index (χ2n) is 7.87. The monoisotopic (exact) mass is 459 g/mol. The van der Waals surface area contributed by atoms with Crippen LogP contribution in [0.1, 0.15) is 45.2 Å². The molecule has 1 aliphatic heterocycles. The van der Waals surface area contributed by atoms with Gasteiger partial charge in [-0.1, -0.05) is 12.1 Å². The minimum absolute atomic E-state index is 0.205. The molecule has 7 nitrogen and oxygen atoms in total. The molecule has 3 aromatic heterocycles. The third-order valence-corrected chi connectivity index (χ3v) is 6.11. The highest BCUT2D eigenvalue weighted by Crippen LogP contribution is 2.41. The molecule has 0 saturated carbocycles. The van der Waals surface area contributed by atoms with Gasteiger partial charge in [-0.2, -0.15) is 0 Å². The van der Waals surface area contributed by atoms with Gasteiger partial charge >= 0.3 is 5.97 Å². The summed E-state index contributed by atoms with van der Waals surface area (Å²) >= 11 is 5.68. The predicted molar refractivity (Wildman–Crippen MR) is 126 cm³/mol. The van der Waals surface area contributed by atoms with Gasteiger partial charge in [0, 0.05) is 11.8 Å². The topological polar surface area (TPSA) is 91.7 Å². The van der Waals surface area contributed by atoms with E-state index in [1.165, 1.54) is 0 Å². The first kappa shape index (κ1) is 21.0. The van der Waals surface area contributed by atoms with Crippen molar-refractivity contribution in [3.05, 3.63) is 101 Å². The van der Waals surface area contributed by atoms with Crippen molar-refractivity contribution in [3.63, 3.8) is 0 Å². The lowest BCUT2D eigenvalue weighted by atomic mass is 10.0. The highest BCUT2D eigenvalue weighted by Gasteiger charge is 2.42. The molecule has 8 heteroatoms. The van der Waals surface area contributed by atoms with Crippen LogP contribution in [0.5, 0.6) is 0 Å². The number of hydrogen-bond acceptors (Lipinski definition) is 5. The first-order valence-corrected chi connectivity index (χ1v) is 10.9. The summed E-state index contributed by atoms with van der Waals surface area (Å²) in [7, 11) is 0. The Labute approximate surface area is 195 Å². The number of aromatic nitrogens is 1. The van der Waals surface area contributed by atoms with Crippen LogP contribution in [0.3, 0.4) is 0 Å². The number of pyridine rings is 1. The van der Waals surface area contributed by atoms with Gasteiger partial charge in [0.1, 0.15) is 23.3 Å². The van der Waals surface area contributed by atoms with Gasteiger partial charge in [-0.15, -0.1) is 0 Å². The Morgan fingerprint density at radius 2 is 2.06 bits per heavy atom. The van der Waals surface area contributed by atoms with E-state index in [0.29, 0.717) is 17.4 Å². The second-order valence-corrected chi connectivity index (χ2v) is 8.26. The third-order valence-electron chi connectivity index (χ3n) is 5.76. The Morgan fingerprint density at radius 1 is 1.18 bits per heavy atom. The minimum atomic E-state index is -0.956. The maximum absolute atomic E-state index is 11.3. The van der Waals surface area contributed by atoms with Gasteiger partial charge in [0.25, 0.3) is 0 Å². The fourth-order valence-electron chi connectivity index (χ4n) is 4.18. The van der Waals surface area contributed by atoms with E-state index in [0.717, 1.165) is 28.3 Å². The Morgan fingerprint density at radius 3 is 2.76 bits per heavy atom. The van der Waals surface area contributed by atoms with Gasteiger partial charge < -0.3 is 24.2 Å². The molecule has 2 unspecified atom stereocenters. The van der Waals surface area contributed by atoms with E-state index < -0.39 is 5.97 Å². The molecule has 2 atom stereocenters. The van der Waals surface area contributed by atoms with Gasteiger partial charge in [-0.3, -0.25) is 4.98 Å². The molecule has 4 heterocycles. The molecule has 166 valence electrons. The first-order valence-electron chi connectivity index (χ1n) is 10.5. The number of rotatable bonds is 6. The molecule has 1 saturated heterocycles. The molecule has 0 aliphatic carbocycles. The summed E-state index contributed by atoms with van der Waals surface area (Å²) in [5.41, 5.74) is 2.76. The number of thiocarbonyl (C=S) groups is 1. The minimum Gasteiger partial charge on any atom is -0.478 e. The van der Waals surface area contributed by atoms with Crippen LogP contribution in [0.25, 0.3) is 11.3 Å². The lowest BCUT2D eigenvalue weighted by Gasteiger charge is -2.25. The number of nitrogens with zero attached hydrogens (tertiary/aromatic N) is 2. The maximum atomic E-state index is 11.3. The standard InChI is InChI=1S/C25H21N3O4S/c1-15-13-16(24(29)30)7-8-18(15)20-9-10-21(32-20)23-22(19-6-2-3-11-26-19)27-25(33)28(23)14-17-5-4-12-31-17/h2-13,22-23H,14H2,1H3,(H,27,33)(H,29,30). The normalized spacial score (nSPS) is 17.8. The van der Waals surface area contributed by atoms with Crippen molar-refractivity contribution < 1.29 is 18.7 Å². The van der Waals surface area contributed by atoms with Crippen molar-refractivity contribution in [3.8, 4) is 11.3 Å². The van der Waals surface area contributed by atoms with Crippen molar-refractivity contribution in [1.82, 2.24) is 15.2 Å². The van der Waals surface area contributed by atoms with Gasteiger partial charge in [-0.25, -0.2) is 4.79 Å². The highest BCUT2D eigenvalue weighted by atomic mass is 32.1. The lowest BCUT2D eigenvalue weighted by molar-refractivity contribution is 0.0696. The van der Waals surface area contributed by atoms with E-state index in [1.54, 1.807) is 30.7 Å². The Balaban J connectivity index is 1.53. The molecule has 4 aromatic rings. The number of nitrogens with one attached hydrogen (secondary N) is 1. The summed E-state index contributed by atoms with van der Waals surface area (Å²) in [6.07, 6.45) is 3.40. The van der Waals surface area contributed by atoms with Crippen LogP contribution in [-0.2, 0) is 6.54 Å². The molecular formula is C25H21N3O4S. The first-order chi connectivity index (χ1) is 16.0. The number of aryl methyl sites for hydroxylation is 1. The van der Waals surface area contributed by atoms with E-state index in [1.807, 2.05) is 54.3 Å². The zero-order chi connectivity index (χ0) is 22.9. The van der Waals surface area contributed by atoms with Gasteiger partial charge in [0.05, 0.1) is 30.1 Å². The smallest absolute Gasteiger partial charge is 0.335 e. The van der Waals surface area contributed by atoms with Crippen LogP contribution in [0.4, 0.5) is 0 Å². The zero-order valence-electron chi connectivity index (χ0n) is 17.8. The van der Waals surface area contributed by atoms with E-state index >= 15 is 0 Å². The number of aromatic carboxylic acids is 1. The highest BCUT2D eigenvalue weighted by molar-refractivity contribution is 7.80. The van der Waals surface area contributed by atoms with Crippen LogP contribution >= 0.6 is 12.2 Å². The maximum Gasteiger partial charge on any atom is 0.335 e. The van der Waals surface area contributed by atoms with E-state index in [-0.39, 0.29) is 17.6 Å². The molecule has 1 aliphatic rings. The van der Waals surface area contributed by atoms with Crippen molar-refractivity contribution in [1.29, 1.82) is 0 Å². The average Bonchev–Trinajstić information content (AvgIpc) is 3.56. The van der Waals surface area contributed by atoms with Crippen LogP contribution in [0.2, 0.25) is 0 Å². The quantitative estimate of drug-likeness (QED) is 0.384.